The van der Waals surface area contributed by atoms with Crippen molar-refractivity contribution in [2.75, 3.05) is 6.61 Å². The molecule has 0 radical (unpaired) electrons. The monoisotopic (exact) mass is 351 g/mol. The molecule has 0 aliphatic rings. The van der Waals surface area contributed by atoms with Gasteiger partial charge in [0.25, 0.3) is 0 Å². The van der Waals surface area contributed by atoms with Gasteiger partial charge < -0.3 is 14.3 Å². The molecule has 0 heterocycles. The van der Waals surface area contributed by atoms with E-state index in [-0.39, 0.29) is 19.1 Å². The second kappa shape index (κ2) is 10.3. The predicted octanol–water partition coefficient (Wildman–Crippen LogP) is 3.08. The number of ether oxygens (including phenoxy) is 2. The molecular weight excluding hydrogens is 326 g/mol. The van der Waals surface area contributed by atoms with E-state index in [0.29, 0.717) is 11.5 Å². The lowest BCUT2D eigenvalue weighted by Crippen LogP contribution is -2.49. The highest BCUT2D eigenvalue weighted by Crippen LogP contribution is 2.16. The molecule has 1 aromatic rings. The Morgan fingerprint density at radius 3 is 2.24 bits per heavy atom. The van der Waals surface area contributed by atoms with Crippen LogP contribution in [-0.4, -0.2) is 35.7 Å². The first-order chi connectivity index (χ1) is 11.9. The van der Waals surface area contributed by atoms with Crippen LogP contribution in [0.15, 0.2) is 30.3 Å². The number of esters is 1. The molecule has 1 aromatic carbocycles. The summed E-state index contributed by atoms with van der Waals surface area (Å²) >= 11 is 0. The van der Waals surface area contributed by atoms with E-state index in [1.807, 2.05) is 25.1 Å². The molecule has 1 amide bonds. The highest BCUT2D eigenvalue weighted by atomic mass is 16.8. The normalized spacial score (nSPS) is 11.6. The molecule has 7 heteroatoms. The number of carbonyl (C=O) groups excluding carboxylic acids is 3. The number of hydrogen-bond acceptors (Lipinski definition) is 6. The molecule has 1 rings (SSSR count). The van der Waals surface area contributed by atoms with Gasteiger partial charge in [-0.25, -0.2) is 9.59 Å². The average Bonchev–Trinajstić information content (AvgIpc) is 2.57. The second-order valence-corrected chi connectivity index (χ2v) is 5.81. The maximum absolute atomic E-state index is 12.4. The van der Waals surface area contributed by atoms with E-state index in [2.05, 4.69) is 0 Å². The summed E-state index contributed by atoms with van der Waals surface area (Å²) in [6.45, 7) is 6.65. The second-order valence-electron chi connectivity index (χ2n) is 5.81. The molecule has 0 saturated carbocycles. The lowest BCUT2D eigenvalue weighted by atomic mass is 10.0. The van der Waals surface area contributed by atoms with Gasteiger partial charge in [-0.15, -0.1) is 5.06 Å². The average molecular weight is 351 g/mol. The molecule has 0 aromatic heterocycles. The van der Waals surface area contributed by atoms with Gasteiger partial charge in [-0.2, -0.15) is 0 Å². The van der Waals surface area contributed by atoms with Gasteiger partial charge in [-0.3, -0.25) is 4.79 Å². The smallest absolute Gasteiger partial charge is 0.444 e. The summed E-state index contributed by atoms with van der Waals surface area (Å²) in [4.78, 5) is 41.0. The topological polar surface area (TPSA) is 82.1 Å². The van der Waals surface area contributed by atoms with Crippen LogP contribution in [0.3, 0.4) is 0 Å². The van der Waals surface area contributed by atoms with Crippen LogP contribution in [-0.2, 0) is 30.5 Å². The van der Waals surface area contributed by atoms with E-state index in [1.165, 1.54) is 0 Å². The van der Waals surface area contributed by atoms with Gasteiger partial charge in [0.05, 0.1) is 6.61 Å². The van der Waals surface area contributed by atoms with E-state index in [0.717, 1.165) is 12.5 Å². The van der Waals surface area contributed by atoms with Crippen LogP contribution in [0.25, 0.3) is 0 Å². The Morgan fingerprint density at radius 2 is 1.72 bits per heavy atom. The zero-order valence-corrected chi connectivity index (χ0v) is 15.1. The van der Waals surface area contributed by atoms with Crippen molar-refractivity contribution in [3.05, 3.63) is 35.9 Å². The number of hydrogen-bond donors (Lipinski definition) is 0. The predicted molar refractivity (Wildman–Crippen MR) is 90.1 cm³/mol. The first-order valence-corrected chi connectivity index (χ1v) is 8.21. The minimum atomic E-state index is -1.08. The first-order valence-electron chi connectivity index (χ1n) is 8.21. The van der Waals surface area contributed by atoms with Crippen molar-refractivity contribution in [2.24, 2.45) is 5.92 Å². The number of benzene rings is 1. The van der Waals surface area contributed by atoms with Crippen molar-refractivity contribution in [1.82, 2.24) is 5.06 Å². The quantitative estimate of drug-likeness (QED) is 0.555. The highest BCUT2D eigenvalue weighted by molar-refractivity contribution is 5.82. The lowest BCUT2D eigenvalue weighted by molar-refractivity contribution is -0.199. The van der Waals surface area contributed by atoms with Crippen LogP contribution in [0.1, 0.15) is 39.7 Å². The summed E-state index contributed by atoms with van der Waals surface area (Å²) in [5, 5.41) is 0.661. The zero-order chi connectivity index (χ0) is 18.8. The Labute approximate surface area is 147 Å². The zero-order valence-electron chi connectivity index (χ0n) is 15.1. The van der Waals surface area contributed by atoms with Gasteiger partial charge in [0.1, 0.15) is 6.61 Å². The van der Waals surface area contributed by atoms with E-state index < -0.39 is 24.1 Å². The van der Waals surface area contributed by atoms with Crippen molar-refractivity contribution in [1.29, 1.82) is 0 Å². The van der Waals surface area contributed by atoms with Crippen molar-refractivity contribution in [3.8, 4) is 0 Å². The fourth-order valence-corrected chi connectivity index (χ4v) is 2.06. The lowest BCUT2D eigenvalue weighted by Gasteiger charge is -2.29. The third kappa shape index (κ3) is 6.82. The van der Waals surface area contributed by atoms with Crippen molar-refractivity contribution >= 4 is 18.0 Å². The number of amides is 1. The number of rotatable bonds is 7. The molecule has 0 fully saturated rings. The largest absolute Gasteiger partial charge is 0.464 e. The molecule has 0 spiro atoms. The molecule has 25 heavy (non-hydrogen) atoms. The molecule has 0 bridgehead atoms. The fraction of sp³-hybridized carbons (Fsp3) is 0.500. The summed E-state index contributed by atoms with van der Waals surface area (Å²) in [5.74, 6) is -1.71. The van der Waals surface area contributed by atoms with E-state index in [9.17, 15) is 14.4 Å². The van der Waals surface area contributed by atoms with Crippen LogP contribution in [0.5, 0.6) is 0 Å². The highest BCUT2D eigenvalue weighted by Gasteiger charge is 2.37. The Hall–Kier alpha value is -2.57. The fourth-order valence-electron chi connectivity index (χ4n) is 2.06. The van der Waals surface area contributed by atoms with Gasteiger partial charge in [-0.1, -0.05) is 51.1 Å². The van der Waals surface area contributed by atoms with Crippen molar-refractivity contribution in [2.45, 2.75) is 46.8 Å². The Bertz CT molecular complexity index is 572. The molecule has 0 aliphatic carbocycles. The van der Waals surface area contributed by atoms with Crippen molar-refractivity contribution in [3.63, 3.8) is 0 Å². The molecule has 0 N–H and O–H groups in total. The Morgan fingerprint density at radius 1 is 1.08 bits per heavy atom. The van der Waals surface area contributed by atoms with Gasteiger partial charge in [-0.05, 0) is 17.9 Å². The van der Waals surface area contributed by atoms with Crippen molar-refractivity contribution < 1.29 is 28.7 Å². The summed E-state index contributed by atoms with van der Waals surface area (Å²) in [6, 6.07) is 7.96. The molecule has 0 unspecified atom stereocenters. The van der Waals surface area contributed by atoms with Gasteiger partial charge in [0, 0.05) is 6.92 Å². The summed E-state index contributed by atoms with van der Waals surface area (Å²) in [5.41, 5.74) is 0.772. The first kappa shape index (κ1) is 20.5. The van der Waals surface area contributed by atoms with Crippen LogP contribution in [0.2, 0.25) is 0 Å². The minimum Gasteiger partial charge on any atom is -0.464 e. The van der Waals surface area contributed by atoms with Gasteiger partial charge >= 0.3 is 18.0 Å². The third-order valence-corrected chi connectivity index (χ3v) is 3.19. The molecular formula is C18H25NO6. The van der Waals surface area contributed by atoms with Crippen LogP contribution in [0.4, 0.5) is 4.79 Å². The number of carbonyl (C=O) groups is 3. The Kier molecular flexibility index (Phi) is 8.46. The van der Waals surface area contributed by atoms with Crippen LogP contribution >= 0.6 is 0 Å². The molecule has 0 aliphatic heterocycles. The van der Waals surface area contributed by atoms with Crippen LogP contribution in [0, 0.1) is 5.92 Å². The van der Waals surface area contributed by atoms with E-state index in [1.54, 1.807) is 26.0 Å². The van der Waals surface area contributed by atoms with E-state index in [4.69, 9.17) is 14.3 Å². The molecule has 138 valence electrons. The molecule has 1 atom stereocenters. The Balaban J connectivity index is 2.89. The van der Waals surface area contributed by atoms with Gasteiger partial charge in [0.2, 0.25) is 0 Å². The van der Waals surface area contributed by atoms with E-state index >= 15 is 0 Å². The molecule has 7 nitrogen and oxygen atoms in total. The maximum Gasteiger partial charge on any atom is 0.444 e. The maximum atomic E-state index is 12.4. The molecule has 0 saturated heterocycles. The SMILES string of the molecule is CCCOC(=O)[C@H](C(C)C)N(OC(C)=O)C(=O)OCc1ccccc1. The number of hydroxylamine groups is 2. The standard InChI is InChI=1S/C18H25NO6/c1-5-11-23-17(21)16(13(2)3)19(25-14(4)20)18(22)24-12-15-9-7-6-8-10-15/h6-10,13,16H,5,11-12H2,1-4H3/t16-/m0/s1. The van der Waals surface area contributed by atoms with Gasteiger partial charge in [0.15, 0.2) is 6.04 Å². The summed E-state index contributed by atoms with van der Waals surface area (Å²) in [6.07, 6.45) is -0.283. The summed E-state index contributed by atoms with van der Waals surface area (Å²) < 4.78 is 10.3. The summed E-state index contributed by atoms with van der Waals surface area (Å²) in [7, 11) is 0. The van der Waals surface area contributed by atoms with Crippen LogP contribution < -0.4 is 0 Å². The number of nitrogens with zero attached hydrogens (tertiary/aromatic N) is 1. The third-order valence-electron chi connectivity index (χ3n) is 3.19. The minimum absolute atomic E-state index is 0.00768.